The fourth-order valence-corrected chi connectivity index (χ4v) is 3.36. The first-order valence-electron chi connectivity index (χ1n) is 12.8. The van der Waals surface area contributed by atoms with Gasteiger partial charge in [0.15, 0.2) is 0 Å². The van der Waals surface area contributed by atoms with Gasteiger partial charge in [-0.25, -0.2) is 0 Å². The van der Waals surface area contributed by atoms with Gasteiger partial charge in [0.1, 0.15) is 0 Å². The summed E-state index contributed by atoms with van der Waals surface area (Å²) in [6.07, 6.45) is 24.3. The number of rotatable bonds is 20. The molecule has 0 N–H and O–H groups in total. The zero-order valence-corrected chi connectivity index (χ0v) is 20.8. The standard InChI is InChI=1S/2C13H26O2/c2*1-3-4-5-6-7-8-9-10-11-12-13(14)15-2/h2*3-12H2,1-2H3. The van der Waals surface area contributed by atoms with Gasteiger partial charge in [-0.3, -0.25) is 9.59 Å². The average molecular weight is 429 g/mol. The van der Waals surface area contributed by atoms with E-state index in [-0.39, 0.29) is 11.9 Å². The lowest BCUT2D eigenvalue weighted by molar-refractivity contribution is -0.141. The van der Waals surface area contributed by atoms with Crippen molar-refractivity contribution in [2.45, 2.75) is 142 Å². The van der Waals surface area contributed by atoms with Crippen molar-refractivity contribution in [3.63, 3.8) is 0 Å². The zero-order chi connectivity index (χ0) is 22.7. The summed E-state index contributed by atoms with van der Waals surface area (Å²) in [6.45, 7) is 4.49. The highest BCUT2D eigenvalue weighted by molar-refractivity contribution is 5.69. The Balaban J connectivity index is 0. The van der Waals surface area contributed by atoms with Crippen LogP contribution < -0.4 is 0 Å². The monoisotopic (exact) mass is 428 g/mol. The van der Waals surface area contributed by atoms with E-state index in [0.717, 1.165) is 12.8 Å². The van der Waals surface area contributed by atoms with E-state index in [9.17, 15) is 9.59 Å². The van der Waals surface area contributed by atoms with Gasteiger partial charge in [-0.1, -0.05) is 117 Å². The van der Waals surface area contributed by atoms with Crippen molar-refractivity contribution in [3.05, 3.63) is 0 Å². The second kappa shape index (κ2) is 27.9. The number of ether oxygens (including phenoxy) is 2. The summed E-state index contributed by atoms with van der Waals surface area (Å²) in [5, 5.41) is 0. The maximum Gasteiger partial charge on any atom is 0.305 e. The van der Waals surface area contributed by atoms with Crippen LogP contribution in [0.2, 0.25) is 0 Å². The van der Waals surface area contributed by atoms with Crippen LogP contribution in [0.25, 0.3) is 0 Å². The molecule has 0 aromatic heterocycles. The minimum atomic E-state index is -0.0713. The maximum absolute atomic E-state index is 10.8. The number of hydrogen-bond donors (Lipinski definition) is 0. The lowest BCUT2D eigenvalue weighted by Gasteiger charge is -2.01. The molecule has 0 aliphatic rings. The Bertz CT molecular complexity index is 321. The van der Waals surface area contributed by atoms with Crippen LogP contribution in [0.4, 0.5) is 0 Å². The molecule has 0 aromatic carbocycles. The molecule has 0 atom stereocenters. The molecule has 30 heavy (non-hydrogen) atoms. The third-order valence-corrected chi connectivity index (χ3v) is 5.42. The zero-order valence-electron chi connectivity index (χ0n) is 20.8. The van der Waals surface area contributed by atoms with E-state index in [1.807, 2.05) is 0 Å². The number of carbonyl (C=O) groups is 2. The number of methoxy groups -OCH3 is 2. The number of carbonyl (C=O) groups excluding carboxylic acids is 2. The van der Waals surface area contributed by atoms with Crippen molar-refractivity contribution in [3.8, 4) is 0 Å². The predicted molar refractivity (Wildman–Crippen MR) is 128 cm³/mol. The topological polar surface area (TPSA) is 52.6 Å². The van der Waals surface area contributed by atoms with Crippen molar-refractivity contribution in [1.82, 2.24) is 0 Å². The second-order valence-electron chi connectivity index (χ2n) is 8.31. The number of unbranched alkanes of at least 4 members (excludes halogenated alkanes) is 16. The quantitative estimate of drug-likeness (QED) is 0.145. The van der Waals surface area contributed by atoms with Crippen LogP contribution in [0, 0.1) is 0 Å². The van der Waals surface area contributed by atoms with Gasteiger partial charge in [-0.2, -0.15) is 0 Å². The highest BCUT2D eigenvalue weighted by Gasteiger charge is 1.99. The molecule has 0 saturated heterocycles. The molecule has 0 aliphatic heterocycles. The van der Waals surface area contributed by atoms with Gasteiger partial charge in [-0.05, 0) is 12.8 Å². The molecule has 0 heterocycles. The van der Waals surface area contributed by atoms with Gasteiger partial charge in [-0.15, -0.1) is 0 Å². The SMILES string of the molecule is CCCCCCCCCCCC(=O)OC.CCCCCCCCCCCC(=O)OC. The Morgan fingerprint density at radius 2 is 0.667 bits per heavy atom. The summed E-state index contributed by atoms with van der Waals surface area (Å²) in [6, 6.07) is 0. The first-order valence-corrected chi connectivity index (χ1v) is 12.8. The van der Waals surface area contributed by atoms with Gasteiger partial charge < -0.3 is 9.47 Å². The Morgan fingerprint density at radius 1 is 0.433 bits per heavy atom. The van der Waals surface area contributed by atoms with E-state index in [1.165, 1.54) is 117 Å². The molecule has 180 valence electrons. The lowest BCUT2D eigenvalue weighted by Crippen LogP contribution is -1.99. The minimum absolute atomic E-state index is 0.0713. The summed E-state index contributed by atoms with van der Waals surface area (Å²) in [7, 11) is 2.91. The largest absolute Gasteiger partial charge is 0.469 e. The van der Waals surface area contributed by atoms with Crippen LogP contribution in [-0.2, 0) is 19.1 Å². The van der Waals surface area contributed by atoms with E-state index in [2.05, 4.69) is 23.3 Å². The van der Waals surface area contributed by atoms with E-state index < -0.39 is 0 Å². The van der Waals surface area contributed by atoms with E-state index in [0.29, 0.717) is 12.8 Å². The lowest BCUT2D eigenvalue weighted by atomic mass is 10.1. The number of esters is 2. The first-order chi connectivity index (χ1) is 14.6. The molecule has 4 nitrogen and oxygen atoms in total. The molecular formula is C26H52O4. The maximum atomic E-state index is 10.8. The molecule has 0 rings (SSSR count). The summed E-state index contributed by atoms with van der Waals surface area (Å²) >= 11 is 0. The Morgan fingerprint density at radius 3 is 0.900 bits per heavy atom. The molecule has 0 aromatic rings. The fourth-order valence-electron chi connectivity index (χ4n) is 3.36. The van der Waals surface area contributed by atoms with Crippen LogP contribution in [0.3, 0.4) is 0 Å². The molecule has 0 unspecified atom stereocenters. The summed E-state index contributed by atoms with van der Waals surface area (Å²) in [4.78, 5) is 21.6. The van der Waals surface area contributed by atoms with Crippen molar-refractivity contribution < 1.29 is 19.1 Å². The van der Waals surface area contributed by atoms with Crippen molar-refractivity contribution in [1.29, 1.82) is 0 Å². The van der Waals surface area contributed by atoms with Crippen LogP contribution in [0.5, 0.6) is 0 Å². The molecule has 0 spiro atoms. The third kappa shape index (κ3) is 29.1. The normalized spacial score (nSPS) is 10.3. The van der Waals surface area contributed by atoms with Gasteiger partial charge in [0.05, 0.1) is 14.2 Å². The van der Waals surface area contributed by atoms with Gasteiger partial charge in [0.25, 0.3) is 0 Å². The van der Waals surface area contributed by atoms with E-state index in [1.54, 1.807) is 0 Å². The summed E-state index contributed by atoms with van der Waals surface area (Å²) in [5.41, 5.74) is 0. The second-order valence-corrected chi connectivity index (χ2v) is 8.31. The molecule has 0 bridgehead atoms. The first kappa shape index (κ1) is 31.1. The van der Waals surface area contributed by atoms with Gasteiger partial charge in [0, 0.05) is 12.8 Å². The Labute approximate surface area is 187 Å². The molecule has 0 saturated carbocycles. The van der Waals surface area contributed by atoms with Crippen LogP contribution in [0.15, 0.2) is 0 Å². The molecular weight excluding hydrogens is 376 g/mol. The van der Waals surface area contributed by atoms with Crippen molar-refractivity contribution >= 4 is 11.9 Å². The molecule has 4 heteroatoms. The van der Waals surface area contributed by atoms with E-state index >= 15 is 0 Å². The van der Waals surface area contributed by atoms with Crippen molar-refractivity contribution in [2.24, 2.45) is 0 Å². The average Bonchev–Trinajstić information content (AvgIpc) is 2.76. The molecule has 0 radical (unpaired) electrons. The summed E-state index contributed by atoms with van der Waals surface area (Å²) < 4.78 is 9.17. The fraction of sp³-hybridized carbons (Fsp3) is 0.923. The van der Waals surface area contributed by atoms with Crippen LogP contribution in [-0.4, -0.2) is 26.2 Å². The summed E-state index contributed by atoms with van der Waals surface area (Å²) in [5.74, 6) is -0.143. The molecule has 0 amide bonds. The van der Waals surface area contributed by atoms with Crippen molar-refractivity contribution in [2.75, 3.05) is 14.2 Å². The smallest absolute Gasteiger partial charge is 0.305 e. The Kier molecular flexibility index (Phi) is 29.0. The highest BCUT2D eigenvalue weighted by atomic mass is 16.5. The van der Waals surface area contributed by atoms with Crippen LogP contribution >= 0.6 is 0 Å². The molecule has 0 aliphatic carbocycles. The molecule has 0 fully saturated rings. The van der Waals surface area contributed by atoms with Gasteiger partial charge in [0.2, 0.25) is 0 Å². The van der Waals surface area contributed by atoms with E-state index in [4.69, 9.17) is 0 Å². The van der Waals surface area contributed by atoms with Gasteiger partial charge >= 0.3 is 11.9 Å². The van der Waals surface area contributed by atoms with Crippen LogP contribution in [0.1, 0.15) is 142 Å². The Hall–Kier alpha value is -1.06. The predicted octanol–water partition coefficient (Wildman–Crippen LogP) is 8.16. The number of hydrogen-bond acceptors (Lipinski definition) is 4. The third-order valence-electron chi connectivity index (χ3n) is 5.42. The highest BCUT2D eigenvalue weighted by Crippen LogP contribution is 2.11. The minimum Gasteiger partial charge on any atom is -0.469 e.